The highest BCUT2D eigenvalue weighted by molar-refractivity contribution is 14.1. The van der Waals surface area contributed by atoms with Crippen LogP contribution in [0.1, 0.15) is 0 Å². The predicted molar refractivity (Wildman–Crippen MR) is 77.8 cm³/mol. The van der Waals surface area contributed by atoms with E-state index in [-0.39, 0.29) is 0 Å². The number of rotatable bonds is 2. The fourth-order valence-electron chi connectivity index (χ4n) is 1.27. The summed E-state index contributed by atoms with van der Waals surface area (Å²) in [7, 11) is 0. The van der Waals surface area contributed by atoms with E-state index < -0.39 is 0 Å². The summed E-state index contributed by atoms with van der Waals surface area (Å²) in [6, 6.07) is 13.4. The highest BCUT2D eigenvalue weighted by Crippen LogP contribution is 2.30. The van der Waals surface area contributed by atoms with Crippen molar-refractivity contribution in [2.75, 3.05) is 5.73 Å². The summed E-state index contributed by atoms with van der Waals surface area (Å²) < 4.78 is 7.77. The first-order chi connectivity index (χ1) is 7.65. The fourth-order valence-corrected chi connectivity index (χ4v) is 2.16. The summed E-state index contributed by atoms with van der Waals surface area (Å²) in [5, 5.41) is 0. The van der Waals surface area contributed by atoms with Crippen LogP contribution in [-0.2, 0) is 0 Å². The quantitative estimate of drug-likeness (QED) is 0.609. The minimum Gasteiger partial charge on any atom is -0.455 e. The third-order valence-electron chi connectivity index (χ3n) is 2.00. The molecule has 16 heavy (non-hydrogen) atoms. The molecule has 0 radical (unpaired) electrons. The van der Waals surface area contributed by atoms with E-state index in [9.17, 15) is 0 Å². The molecule has 0 aromatic heterocycles. The molecular weight excluding hydrogens is 381 g/mol. The van der Waals surface area contributed by atoms with Crippen molar-refractivity contribution in [3.05, 3.63) is 50.5 Å². The zero-order chi connectivity index (χ0) is 11.5. The van der Waals surface area contributed by atoms with Crippen molar-refractivity contribution in [3.63, 3.8) is 0 Å². The van der Waals surface area contributed by atoms with Gasteiger partial charge in [-0.25, -0.2) is 0 Å². The second-order valence-corrected chi connectivity index (χ2v) is 5.40. The monoisotopic (exact) mass is 389 g/mol. The third-order valence-corrected chi connectivity index (χ3v) is 3.16. The van der Waals surface area contributed by atoms with Gasteiger partial charge in [0.1, 0.15) is 11.5 Å². The minimum atomic E-state index is 0.619. The molecule has 2 aromatic carbocycles. The first kappa shape index (κ1) is 11.7. The Kier molecular flexibility index (Phi) is 3.70. The van der Waals surface area contributed by atoms with Gasteiger partial charge in [-0.2, -0.15) is 0 Å². The first-order valence-corrected chi connectivity index (χ1v) is 6.51. The van der Waals surface area contributed by atoms with E-state index in [4.69, 9.17) is 10.5 Å². The van der Waals surface area contributed by atoms with Crippen LogP contribution in [0.15, 0.2) is 46.9 Å². The van der Waals surface area contributed by atoms with Crippen molar-refractivity contribution >= 4 is 44.2 Å². The molecule has 0 heterocycles. The molecule has 0 amide bonds. The van der Waals surface area contributed by atoms with Crippen LogP contribution in [0.4, 0.5) is 5.69 Å². The van der Waals surface area contributed by atoms with Crippen LogP contribution in [-0.4, -0.2) is 0 Å². The summed E-state index contributed by atoms with van der Waals surface area (Å²) in [4.78, 5) is 0. The second-order valence-electron chi connectivity index (χ2n) is 3.24. The third kappa shape index (κ3) is 2.89. The lowest BCUT2D eigenvalue weighted by Crippen LogP contribution is -1.92. The van der Waals surface area contributed by atoms with E-state index in [2.05, 4.69) is 38.5 Å². The van der Waals surface area contributed by atoms with Crippen molar-refractivity contribution in [3.8, 4) is 11.5 Å². The van der Waals surface area contributed by atoms with Crippen molar-refractivity contribution in [2.24, 2.45) is 0 Å². The average molecular weight is 390 g/mol. The van der Waals surface area contributed by atoms with Gasteiger partial charge in [-0.3, -0.25) is 0 Å². The summed E-state index contributed by atoms with van der Waals surface area (Å²) in [5.74, 6) is 1.46. The molecule has 0 atom stereocenters. The van der Waals surface area contributed by atoms with Crippen LogP contribution in [0.3, 0.4) is 0 Å². The molecule has 2 rings (SSSR count). The largest absolute Gasteiger partial charge is 0.455 e. The number of hydrogen-bond acceptors (Lipinski definition) is 2. The van der Waals surface area contributed by atoms with E-state index in [1.54, 1.807) is 0 Å². The molecular formula is C12H9BrINO. The summed E-state index contributed by atoms with van der Waals surface area (Å²) in [6.45, 7) is 0. The fraction of sp³-hybridized carbons (Fsp3) is 0. The normalized spacial score (nSPS) is 10.1. The average Bonchev–Trinajstić information content (AvgIpc) is 2.22. The van der Waals surface area contributed by atoms with Crippen LogP contribution in [0.5, 0.6) is 11.5 Å². The number of hydrogen-bond donors (Lipinski definition) is 1. The number of anilines is 1. The van der Waals surface area contributed by atoms with Gasteiger partial charge in [-0.15, -0.1) is 0 Å². The zero-order valence-corrected chi connectivity index (χ0v) is 12.0. The highest BCUT2D eigenvalue weighted by atomic mass is 127. The molecule has 82 valence electrons. The second kappa shape index (κ2) is 5.05. The maximum Gasteiger partial charge on any atom is 0.150 e. The number of nitrogen functional groups attached to an aromatic ring is 1. The van der Waals surface area contributed by atoms with Crippen LogP contribution < -0.4 is 10.5 Å². The lowest BCUT2D eigenvalue weighted by atomic mass is 10.3. The number of halogens is 2. The SMILES string of the molecule is Nc1cc(Br)ccc1Oc1cccc(I)c1. The molecule has 0 aliphatic heterocycles. The Morgan fingerprint density at radius 2 is 1.94 bits per heavy atom. The topological polar surface area (TPSA) is 35.2 Å². The van der Waals surface area contributed by atoms with E-state index in [0.717, 1.165) is 13.8 Å². The molecule has 0 aliphatic rings. The number of nitrogens with two attached hydrogens (primary N) is 1. The molecule has 0 saturated heterocycles. The molecule has 2 nitrogen and oxygen atoms in total. The van der Waals surface area contributed by atoms with Crippen LogP contribution in [0.25, 0.3) is 0 Å². The molecule has 0 spiro atoms. The molecule has 0 saturated carbocycles. The Morgan fingerprint density at radius 3 is 2.62 bits per heavy atom. The van der Waals surface area contributed by atoms with Crippen molar-refractivity contribution in [1.82, 2.24) is 0 Å². The summed E-state index contributed by atoms with van der Waals surface area (Å²) in [5.41, 5.74) is 6.47. The first-order valence-electron chi connectivity index (χ1n) is 4.63. The van der Waals surface area contributed by atoms with Gasteiger partial charge >= 0.3 is 0 Å². The molecule has 2 aromatic rings. The van der Waals surface area contributed by atoms with E-state index >= 15 is 0 Å². The number of ether oxygens (including phenoxy) is 1. The molecule has 0 aliphatic carbocycles. The summed E-state index contributed by atoms with van der Waals surface area (Å²) >= 11 is 5.60. The Labute approximate surface area is 116 Å². The maximum atomic E-state index is 5.85. The van der Waals surface area contributed by atoms with Crippen LogP contribution >= 0.6 is 38.5 Å². The standard InChI is InChI=1S/C12H9BrINO/c13-8-4-5-12(11(15)6-8)16-10-3-1-2-9(14)7-10/h1-7H,15H2. The van der Waals surface area contributed by atoms with Crippen LogP contribution in [0.2, 0.25) is 0 Å². The van der Waals surface area contributed by atoms with E-state index in [1.807, 2.05) is 42.5 Å². The Morgan fingerprint density at radius 1 is 1.12 bits per heavy atom. The number of benzene rings is 2. The molecule has 2 N–H and O–H groups in total. The Bertz CT molecular complexity index is 516. The summed E-state index contributed by atoms with van der Waals surface area (Å²) in [6.07, 6.45) is 0. The Balaban J connectivity index is 2.27. The van der Waals surface area contributed by atoms with Gasteiger partial charge in [0.15, 0.2) is 0 Å². The Hall–Kier alpha value is -0.750. The van der Waals surface area contributed by atoms with E-state index in [0.29, 0.717) is 11.4 Å². The van der Waals surface area contributed by atoms with Gasteiger partial charge in [0.25, 0.3) is 0 Å². The predicted octanol–water partition coefficient (Wildman–Crippen LogP) is 4.43. The van der Waals surface area contributed by atoms with Gasteiger partial charge in [-0.05, 0) is 59.0 Å². The molecule has 4 heteroatoms. The minimum absolute atomic E-state index is 0.619. The van der Waals surface area contributed by atoms with Gasteiger partial charge in [0.05, 0.1) is 5.69 Å². The highest BCUT2D eigenvalue weighted by Gasteiger charge is 2.02. The van der Waals surface area contributed by atoms with Crippen molar-refractivity contribution < 1.29 is 4.74 Å². The molecule has 0 fully saturated rings. The maximum absolute atomic E-state index is 5.85. The van der Waals surface area contributed by atoms with Crippen molar-refractivity contribution in [1.29, 1.82) is 0 Å². The molecule has 0 unspecified atom stereocenters. The van der Waals surface area contributed by atoms with Crippen LogP contribution in [0, 0.1) is 3.57 Å². The smallest absolute Gasteiger partial charge is 0.150 e. The van der Waals surface area contributed by atoms with E-state index in [1.165, 1.54) is 0 Å². The van der Waals surface area contributed by atoms with Gasteiger partial charge in [0, 0.05) is 8.04 Å². The lowest BCUT2D eigenvalue weighted by molar-refractivity contribution is 0.484. The van der Waals surface area contributed by atoms with Gasteiger partial charge in [0.2, 0.25) is 0 Å². The van der Waals surface area contributed by atoms with Gasteiger partial charge in [-0.1, -0.05) is 22.0 Å². The molecule has 0 bridgehead atoms. The van der Waals surface area contributed by atoms with Gasteiger partial charge < -0.3 is 10.5 Å². The lowest BCUT2D eigenvalue weighted by Gasteiger charge is -2.08. The van der Waals surface area contributed by atoms with Crippen molar-refractivity contribution in [2.45, 2.75) is 0 Å². The zero-order valence-electron chi connectivity index (χ0n) is 8.28.